The number of thiazole rings is 1. The van der Waals surface area contributed by atoms with Crippen LogP contribution in [0.3, 0.4) is 0 Å². The van der Waals surface area contributed by atoms with Gasteiger partial charge in [0.2, 0.25) is 0 Å². The van der Waals surface area contributed by atoms with Crippen LogP contribution >= 0.6 is 11.3 Å². The van der Waals surface area contributed by atoms with Crippen molar-refractivity contribution in [3.05, 3.63) is 53.7 Å². The molecule has 1 aliphatic rings. The first kappa shape index (κ1) is 19.1. The monoisotopic (exact) mass is 420 g/mol. The van der Waals surface area contributed by atoms with Crippen LogP contribution in [0.1, 0.15) is 28.8 Å². The Labute approximate surface area is 178 Å². The molecule has 0 aliphatic carbocycles. The summed E-state index contributed by atoms with van der Waals surface area (Å²) in [7, 11) is 1.61. The molecular weight excluding hydrogens is 396 g/mol. The fourth-order valence-corrected chi connectivity index (χ4v) is 5.07. The average molecular weight is 421 g/mol. The van der Waals surface area contributed by atoms with E-state index in [-0.39, 0.29) is 11.9 Å². The van der Waals surface area contributed by atoms with E-state index in [1.807, 2.05) is 18.2 Å². The molecule has 2 N–H and O–H groups in total. The highest BCUT2D eigenvalue weighted by Crippen LogP contribution is 2.34. The van der Waals surface area contributed by atoms with Gasteiger partial charge in [0.25, 0.3) is 5.91 Å². The molecule has 154 valence electrons. The lowest BCUT2D eigenvalue weighted by Gasteiger charge is -2.24. The highest BCUT2D eigenvalue weighted by molar-refractivity contribution is 7.23. The second-order valence-electron chi connectivity index (χ2n) is 7.77. The van der Waals surface area contributed by atoms with Crippen LogP contribution in [0.4, 0.5) is 0 Å². The highest BCUT2D eigenvalue weighted by Gasteiger charge is 2.21. The number of aryl methyl sites for hydroxylation is 1. The van der Waals surface area contributed by atoms with Gasteiger partial charge in [-0.2, -0.15) is 0 Å². The van der Waals surface area contributed by atoms with E-state index >= 15 is 0 Å². The maximum absolute atomic E-state index is 12.9. The molecule has 30 heavy (non-hydrogen) atoms. The van der Waals surface area contributed by atoms with Crippen molar-refractivity contribution in [2.45, 2.75) is 25.8 Å². The predicted molar refractivity (Wildman–Crippen MR) is 121 cm³/mol. The number of ether oxygens (including phenoxy) is 1. The molecule has 1 fully saturated rings. The lowest BCUT2D eigenvalue weighted by atomic mass is 10.1. The van der Waals surface area contributed by atoms with Gasteiger partial charge < -0.3 is 15.4 Å². The third-order valence-electron chi connectivity index (χ3n) is 5.65. The molecule has 0 bridgehead atoms. The fraction of sp³-hybridized carbons (Fsp3) is 0.304. The van der Waals surface area contributed by atoms with Crippen molar-refractivity contribution in [2.24, 2.45) is 0 Å². The van der Waals surface area contributed by atoms with Crippen LogP contribution < -0.4 is 15.4 Å². The summed E-state index contributed by atoms with van der Waals surface area (Å²) in [4.78, 5) is 18.7. The molecule has 4 aromatic rings. The van der Waals surface area contributed by atoms with Crippen molar-refractivity contribution in [3.63, 3.8) is 0 Å². The summed E-state index contributed by atoms with van der Waals surface area (Å²) >= 11 is 1.58. The van der Waals surface area contributed by atoms with Gasteiger partial charge in [0.05, 0.1) is 28.6 Å². The molecule has 6 nitrogen and oxygen atoms in total. The molecule has 0 radical (unpaired) electrons. The van der Waals surface area contributed by atoms with Gasteiger partial charge in [-0.15, -0.1) is 0 Å². The van der Waals surface area contributed by atoms with Gasteiger partial charge >= 0.3 is 0 Å². The number of nitrogens with zero attached hydrogens (tertiary/aromatic N) is 2. The number of hydrogen-bond donors (Lipinski definition) is 2. The molecule has 7 heteroatoms. The first-order chi connectivity index (χ1) is 14.6. The first-order valence-electron chi connectivity index (χ1n) is 10.2. The molecule has 2 aromatic carbocycles. The Kier molecular flexibility index (Phi) is 4.92. The van der Waals surface area contributed by atoms with Gasteiger partial charge in [-0.1, -0.05) is 35.1 Å². The number of imidazole rings is 1. The van der Waals surface area contributed by atoms with E-state index in [0.29, 0.717) is 11.3 Å². The van der Waals surface area contributed by atoms with Crippen molar-refractivity contribution < 1.29 is 9.53 Å². The maximum Gasteiger partial charge on any atom is 0.255 e. The Hall–Kier alpha value is -2.90. The summed E-state index contributed by atoms with van der Waals surface area (Å²) in [5.41, 5.74) is 4.82. The van der Waals surface area contributed by atoms with E-state index in [2.05, 4.69) is 46.4 Å². The van der Waals surface area contributed by atoms with Crippen LogP contribution in [-0.4, -0.2) is 41.5 Å². The zero-order valence-corrected chi connectivity index (χ0v) is 17.9. The van der Waals surface area contributed by atoms with Gasteiger partial charge in [0.1, 0.15) is 5.75 Å². The summed E-state index contributed by atoms with van der Waals surface area (Å²) in [6.45, 7) is 3.96. The molecule has 0 spiro atoms. The number of amides is 1. The number of piperidine rings is 1. The van der Waals surface area contributed by atoms with Crippen molar-refractivity contribution in [1.82, 2.24) is 20.0 Å². The maximum atomic E-state index is 12.9. The number of carbonyl (C=O) groups is 1. The second-order valence-corrected chi connectivity index (χ2v) is 8.78. The average Bonchev–Trinajstić information content (AvgIpc) is 3.31. The van der Waals surface area contributed by atoms with Crippen LogP contribution in [0, 0.1) is 6.92 Å². The summed E-state index contributed by atoms with van der Waals surface area (Å²) in [5.74, 6) is 0.506. The van der Waals surface area contributed by atoms with Gasteiger partial charge in [0.15, 0.2) is 4.96 Å². The first-order valence-corrected chi connectivity index (χ1v) is 11.0. The summed E-state index contributed by atoms with van der Waals surface area (Å²) in [6, 6.07) is 12.4. The van der Waals surface area contributed by atoms with Crippen molar-refractivity contribution in [1.29, 1.82) is 0 Å². The van der Waals surface area contributed by atoms with Crippen LogP contribution in [0.2, 0.25) is 0 Å². The zero-order chi connectivity index (χ0) is 20.7. The number of hydrogen-bond acceptors (Lipinski definition) is 5. The SMILES string of the molecule is COc1cc2c(cc1C(=O)NC1CCNCC1)sc1nc(-c3cccc(C)c3)cn12. The van der Waals surface area contributed by atoms with E-state index in [1.165, 1.54) is 5.56 Å². The molecular formula is C23H24N4O2S. The number of benzene rings is 2. The highest BCUT2D eigenvalue weighted by atomic mass is 32.1. The summed E-state index contributed by atoms with van der Waals surface area (Å²) in [6.07, 6.45) is 3.95. The van der Waals surface area contributed by atoms with Crippen molar-refractivity contribution in [3.8, 4) is 17.0 Å². The fourth-order valence-electron chi connectivity index (χ4n) is 4.04. The minimum Gasteiger partial charge on any atom is -0.496 e. The minimum atomic E-state index is -0.0767. The number of rotatable bonds is 4. The van der Waals surface area contributed by atoms with E-state index in [1.54, 1.807) is 18.4 Å². The van der Waals surface area contributed by atoms with Crippen LogP contribution in [-0.2, 0) is 0 Å². The second kappa shape index (κ2) is 7.74. The number of carbonyl (C=O) groups excluding carboxylic acids is 1. The van der Waals surface area contributed by atoms with Crippen LogP contribution in [0.25, 0.3) is 26.4 Å². The molecule has 0 unspecified atom stereocenters. The third kappa shape index (κ3) is 3.44. The van der Waals surface area contributed by atoms with Crippen molar-refractivity contribution in [2.75, 3.05) is 20.2 Å². The lowest BCUT2D eigenvalue weighted by Crippen LogP contribution is -2.42. The Balaban J connectivity index is 1.52. The Morgan fingerprint density at radius 2 is 2.10 bits per heavy atom. The minimum absolute atomic E-state index is 0.0767. The molecule has 2 aromatic heterocycles. The normalized spacial score (nSPS) is 15.0. The molecule has 1 saturated heterocycles. The third-order valence-corrected chi connectivity index (χ3v) is 6.67. The zero-order valence-electron chi connectivity index (χ0n) is 17.1. The van der Waals surface area contributed by atoms with Crippen LogP contribution in [0.15, 0.2) is 42.6 Å². The summed E-state index contributed by atoms with van der Waals surface area (Å²) < 4.78 is 8.68. The molecule has 3 heterocycles. The standard InChI is InChI=1S/C23H24N4O2S/c1-14-4-3-5-15(10-14)18-13-27-19-12-20(29-2)17(11-21(19)30-23(27)26-18)22(28)25-16-6-8-24-9-7-16/h3-5,10-13,16,24H,6-9H2,1-2H3,(H,25,28). The Morgan fingerprint density at radius 1 is 1.27 bits per heavy atom. The molecule has 0 saturated carbocycles. The molecule has 0 atom stereocenters. The number of aromatic nitrogens is 2. The van der Waals surface area contributed by atoms with Crippen molar-refractivity contribution >= 4 is 32.4 Å². The smallest absolute Gasteiger partial charge is 0.255 e. The summed E-state index contributed by atoms with van der Waals surface area (Å²) in [5, 5.41) is 6.48. The van der Waals surface area contributed by atoms with Gasteiger partial charge in [-0.25, -0.2) is 4.98 Å². The quantitative estimate of drug-likeness (QED) is 0.523. The van der Waals surface area contributed by atoms with Gasteiger partial charge in [0, 0.05) is 23.9 Å². The lowest BCUT2D eigenvalue weighted by molar-refractivity contribution is 0.0926. The largest absolute Gasteiger partial charge is 0.496 e. The number of methoxy groups -OCH3 is 1. The van der Waals surface area contributed by atoms with E-state index in [9.17, 15) is 4.79 Å². The Bertz CT molecular complexity index is 1240. The molecule has 5 rings (SSSR count). The van der Waals surface area contributed by atoms with E-state index < -0.39 is 0 Å². The number of fused-ring (bicyclic) bond motifs is 3. The van der Waals surface area contributed by atoms with Gasteiger partial charge in [-0.3, -0.25) is 9.20 Å². The number of nitrogens with one attached hydrogen (secondary N) is 2. The topological polar surface area (TPSA) is 67.7 Å². The van der Waals surface area contributed by atoms with E-state index in [0.717, 1.165) is 52.4 Å². The van der Waals surface area contributed by atoms with Crippen LogP contribution in [0.5, 0.6) is 5.75 Å². The Morgan fingerprint density at radius 3 is 2.87 bits per heavy atom. The van der Waals surface area contributed by atoms with Gasteiger partial charge in [-0.05, 0) is 45.0 Å². The predicted octanol–water partition coefficient (Wildman–Crippen LogP) is 4.01. The molecule has 1 amide bonds. The molecule has 1 aliphatic heterocycles. The van der Waals surface area contributed by atoms with E-state index in [4.69, 9.17) is 9.72 Å².